The Morgan fingerprint density at radius 1 is 1.40 bits per heavy atom. The van der Waals surface area contributed by atoms with Crippen molar-refractivity contribution >= 4 is 11.5 Å². The summed E-state index contributed by atoms with van der Waals surface area (Å²) in [7, 11) is 0. The van der Waals surface area contributed by atoms with Gasteiger partial charge in [-0.2, -0.15) is 13.2 Å². The minimum atomic E-state index is -4.32. The number of anilines is 1. The van der Waals surface area contributed by atoms with Gasteiger partial charge in [0.1, 0.15) is 6.54 Å². The quantitative estimate of drug-likeness (QED) is 0.379. The maximum Gasteiger partial charge on any atom is 0.405 e. The highest BCUT2D eigenvalue weighted by Gasteiger charge is 2.31. The van der Waals surface area contributed by atoms with E-state index >= 15 is 0 Å². The molecule has 0 aromatic heterocycles. The molecule has 3 N–H and O–H groups in total. The SMILES string of the molecule is CCCN(CC(F)(F)F)c1cc(C)ccc1C(N)=NO. The van der Waals surface area contributed by atoms with Crippen LogP contribution in [0.1, 0.15) is 24.5 Å². The van der Waals surface area contributed by atoms with Crippen LogP contribution in [0.2, 0.25) is 0 Å². The van der Waals surface area contributed by atoms with Gasteiger partial charge in [0, 0.05) is 17.8 Å². The molecule has 0 aliphatic rings. The molecular weight excluding hydrogens is 271 g/mol. The number of aryl methyl sites for hydroxylation is 1. The Labute approximate surface area is 115 Å². The van der Waals surface area contributed by atoms with Gasteiger partial charge in [-0.25, -0.2) is 0 Å². The maximum absolute atomic E-state index is 12.7. The standard InChI is InChI=1S/C13H18F3N3O/c1-3-6-19(8-13(14,15)16)11-7-9(2)4-5-10(11)12(17)18-20/h4-5,7,20H,3,6,8H2,1-2H3,(H2,17,18). The van der Waals surface area contributed by atoms with Gasteiger partial charge >= 0.3 is 6.18 Å². The zero-order valence-corrected chi connectivity index (χ0v) is 11.4. The monoisotopic (exact) mass is 289 g/mol. The van der Waals surface area contributed by atoms with E-state index in [1.807, 2.05) is 0 Å². The van der Waals surface area contributed by atoms with Crippen molar-refractivity contribution < 1.29 is 18.4 Å². The van der Waals surface area contributed by atoms with Crippen LogP contribution in [-0.4, -0.2) is 30.3 Å². The van der Waals surface area contributed by atoms with Gasteiger partial charge in [0.25, 0.3) is 0 Å². The number of halogens is 3. The van der Waals surface area contributed by atoms with Crippen molar-refractivity contribution in [1.82, 2.24) is 0 Å². The Morgan fingerprint density at radius 2 is 2.05 bits per heavy atom. The largest absolute Gasteiger partial charge is 0.409 e. The van der Waals surface area contributed by atoms with Crippen LogP contribution >= 0.6 is 0 Å². The third-order valence-electron chi connectivity index (χ3n) is 2.74. The number of hydrogen-bond acceptors (Lipinski definition) is 3. The molecule has 0 bridgehead atoms. The summed E-state index contributed by atoms with van der Waals surface area (Å²) in [6, 6.07) is 4.86. The molecule has 0 spiro atoms. The summed E-state index contributed by atoms with van der Waals surface area (Å²) < 4.78 is 38.0. The van der Waals surface area contributed by atoms with Gasteiger partial charge in [-0.1, -0.05) is 18.1 Å². The van der Waals surface area contributed by atoms with Crippen LogP contribution in [0.25, 0.3) is 0 Å². The fraction of sp³-hybridized carbons (Fsp3) is 0.462. The van der Waals surface area contributed by atoms with Crippen LogP contribution in [0.15, 0.2) is 23.4 Å². The van der Waals surface area contributed by atoms with E-state index in [1.54, 1.807) is 32.0 Å². The van der Waals surface area contributed by atoms with Gasteiger partial charge in [0.15, 0.2) is 5.84 Å². The molecule has 1 aromatic carbocycles. The minimum Gasteiger partial charge on any atom is -0.409 e. The molecule has 0 atom stereocenters. The molecule has 1 rings (SSSR count). The van der Waals surface area contributed by atoms with Crippen LogP contribution < -0.4 is 10.6 Å². The molecule has 0 saturated heterocycles. The highest BCUT2D eigenvalue weighted by atomic mass is 19.4. The normalized spacial score (nSPS) is 12.6. The van der Waals surface area contributed by atoms with E-state index in [0.717, 1.165) is 5.56 Å². The molecule has 4 nitrogen and oxygen atoms in total. The number of alkyl halides is 3. The Balaban J connectivity index is 3.27. The second kappa shape index (κ2) is 6.49. The smallest absolute Gasteiger partial charge is 0.405 e. The maximum atomic E-state index is 12.7. The average Bonchev–Trinajstić information content (AvgIpc) is 2.35. The van der Waals surface area contributed by atoms with E-state index in [0.29, 0.717) is 12.1 Å². The Bertz CT molecular complexity index is 486. The van der Waals surface area contributed by atoms with Gasteiger partial charge < -0.3 is 15.8 Å². The molecule has 1 aromatic rings. The van der Waals surface area contributed by atoms with E-state index in [-0.39, 0.29) is 17.9 Å². The molecule has 20 heavy (non-hydrogen) atoms. The summed E-state index contributed by atoms with van der Waals surface area (Å²) in [5.74, 6) is -0.205. The van der Waals surface area contributed by atoms with E-state index in [1.165, 1.54) is 4.90 Å². The zero-order valence-electron chi connectivity index (χ0n) is 11.4. The highest BCUT2D eigenvalue weighted by molar-refractivity contribution is 6.02. The zero-order chi connectivity index (χ0) is 15.3. The Kier molecular flexibility index (Phi) is 5.24. The van der Waals surface area contributed by atoms with Gasteiger partial charge in [-0.05, 0) is 31.0 Å². The number of nitrogens with zero attached hydrogens (tertiary/aromatic N) is 2. The van der Waals surface area contributed by atoms with Crippen molar-refractivity contribution in [3.05, 3.63) is 29.3 Å². The van der Waals surface area contributed by atoms with E-state index < -0.39 is 12.7 Å². The van der Waals surface area contributed by atoms with Gasteiger partial charge in [-0.3, -0.25) is 0 Å². The Morgan fingerprint density at radius 3 is 2.55 bits per heavy atom. The average molecular weight is 289 g/mol. The molecule has 7 heteroatoms. The first-order valence-electron chi connectivity index (χ1n) is 6.18. The van der Waals surface area contributed by atoms with Crippen LogP contribution in [0.3, 0.4) is 0 Å². The number of nitrogens with two attached hydrogens (primary N) is 1. The number of oxime groups is 1. The van der Waals surface area contributed by atoms with Crippen molar-refractivity contribution in [3.8, 4) is 0 Å². The molecule has 0 amide bonds. The van der Waals surface area contributed by atoms with Gasteiger partial charge in [0.2, 0.25) is 0 Å². The first-order chi connectivity index (χ1) is 9.28. The molecule has 0 aliphatic heterocycles. The molecule has 0 unspecified atom stereocenters. The number of benzene rings is 1. The number of hydrogen-bond donors (Lipinski definition) is 2. The van der Waals surface area contributed by atoms with Crippen LogP contribution in [0, 0.1) is 6.92 Å². The third-order valence-corrected chi connectivity index (χ3v) is 2.74. The summed E-state index contributed by atoms with van der Waals surface area (Å²) in [6.45, 7) is 2.73. The highest BCUT2D eigenvalue weighted by Crippen LogP contribution is 2.26. The summed E-state index contributed by atoms with van der Waals surface area (Å²) in [6.07, 6.45) is -3.76. The van der Waals surface area contributed by atoms with E-state index in [4.69, 9.17) is 10.9 Å². The molecule has 112 valence electrons. The predicted molar refractivity (Wildman–Crippen MR) is 72.2 cm³/mol. The first kappa shape index (κ1) is 16.1. The minimum absolute atomic E-state index is 0.205. The molecule has 0 aliphatic carbocycles. The molecule has 0 fully saturated rings. The van der Waals surface area contributed by atoms with Crippen molar-refractivity contribution in [2.45, 2.75) is 26.4 Å². The molecule has 0 saturated carbocycles. The summed E-state index contributed by atoms with van der Waals surface area (Å²) >= 11 is 0. The molecule has 0 heterocycles. The fourth-order valence-corrected chi connectivity index (χ4v) is 1.94. The summed E-state index contributed by atoms with van der Waals surface area (Å²) in [5, 5.41) is 11.6. The fourth-order valence-electron chi connectivity index (χ4n) is 1.94. The van der Waals surface area contributed by atoms with Crippen LogP contribution in [-0.2, 0) is 0 Å². The second-order valence-electron chi connectivity index (χ2n) is 4.54. The molecule has 0 radical (unpaired) electrons. The lowest BCUT2D eigenvalue weighted by molar-refractivity contribution is -0.119. The lowest BCUT2D eigenvalue weighted by atomic mass is 10.1. The second-order valence-corrected chi connectivity index (χ2v) is 4.54. The van der Waals surface area contributed by atoms with Crippen LogP contribution in [0.5, 0.6) is 0 Å². The molecular formula is C13H18F3N3O. The van der Waals surface area contributed by atoms with E-state index in [9.17, 15) is 13.2 Å². The predicted octanol–water partition coefficient (Wildman–Crippen LogP) is 2.87. The summed E-state index contributed by atoms with van der Waals surface area (Å²) in [5.41, 5.74) is 6.95. The lowest BCUT2D eigenvalue weighted by Gasteiger charge is -2.27. The number of rotatable bonds is 5. The van der Waals surface area contributed by atoms with Crippen molar-refractivity contribution in [3.63, 3.8) is 0 Å². The van der Waals surface area contributed by atoms with E-state index in [2.05, 4.69) is 5.16 Å². The first-order valence-corrected chi connectivity index (χ1v) is 6.18. The van der Waals surface area contributed by atoms with Crippen molar-refractivity contribution in [2.75, 3.05) is 18.0 Å². The topological polar surface area (TPSA) is 61.8 Å². The van der Waals surface area contributed by atoms with Gasteiger partial charge in [0.05, 0.1) is 0 Å². The van der Waals surface area contributed by atoms with Crippen LogP contribution in [0.4, 0.5) is 18.9 Å². The van der Waals surface area contributed by atoms with Gasteiger partial charge in [-0.15, -0.1) is 0 Å². The summed E-state index contributed by atoms with van der Waals surface area (Å²) in [4.78, 5) is 1.19. The number of amidine groups is 1. The lowest BCUT2D eigenvalue weighted by Crippen LogP contribution is -2.36. The third kappa shape index (κ3) is 4.32. The van der Waals surface area contributed by atoms with Crippen molar-refractivity contribution in [2.24, 2.45) is 10.9 Å². The van der Waals surface area contributed by atoms with Crippen molar-refractivity contribution in [1.29, 1.82) is 0 Å². The Hall–Kier alpha value is -1.92.